The van der Waals surface area contributed by atoms with Gasteiger partial charge in [-0.3, -0.25) is 4.79 Å². The van der Waals surface area contributed by atoms with Gasteiger partial charge in [-0.1, -0.05) is 0 Å². The SMILES string of the molecule is O=C(N[C@@H]1CCOC1)c1cncnc1. The monoisotopic (exact) mass is 193 g/mol. The van der Waals surface area contributed by atoms with Gasteiger partial charge in [-0.2, -0.15) is 0 Å². The van der Waals surface area contributed by atoms with Crippen LogP contribution in [-0.2, 0) is 4.74 Å². The first kappa shape index (κ1) is 9.08. The average Bonchev–Trinajstić information content (AvgIpc) is 2.72. The highest BCUT2D eigenvalue weighted by atomic mass is 16.5. The summed E-state index contributed by atoms with van der Waals surface area (Å²) in [6, 6.07) is 0.128. The molecule has 74 valence electrons. The molecule has 1 aromatic rings. The topological polar surface area (TPSA) is 64.1 Å². The highest BCUT2D eigenvalue weighted by Gasteiger charge is 2.18. The van der Waals surface area contributed by atoms with Crippen molar-refractivity contribution in [1.29, 1.82) is 0 Å². The summed E-state index contributed by atoms with van der Waals surface area (Å²) in [5.41, 5.74) is 0.486. The van der Waals surface area contributed by atoms with Crippen molar-refractivity contribution >= 4 is 5.91 Å². The summed E-state index contributed by atoms with van der Waals surface area (Å²) in [5.74, 6) is -0.138. The summed E-state index contributed by atoms with van der Waals surface area (Å²) in [6.07, 6.45) is 5.27. The molecular weight excluding hydrogens is 182 g/mol. The van der Waals surface area contributed by atoms with E-state index >= 15 is 0 Å². The highest BCUT2D eigenvalue weighted by Crippen LogP contribution is 2.04. The fraction of sp³-hybridized carbons (Fsp3) is 0.444. The zero-order chi connectivity index (χ0) is 9.80. The van der Waals surface area contributed by atoms with E-state index in [4.69, 9.17) is 4.74 Å². The highest BCUT2D eigenvalue weighted by molar-refractivity contribution is 5.93. The van der Waals surface area contributed by atoms with Gasteiger partial charge in [0.25, 0.3) is 5.91 Å². The van der Waals surface area contributed by atoms with Crippen LogP contribution in [0.25, 0.3) is 0 Å². The summed E-state index contributed by atoms with van der Waals surface area (Å²) >= 11 is 0. The predicted molar refractivity (Wildman–Crippen MR) is 48.7 cm³/mol. The Morgan fingerprint density at radius 3 is 2.93 bits per heavy atom. The Labute approximate surface area is 81.5 Å². The van der Waals surface area contributed by atoms with E-state index in [0.717, 1.165) is 13.0 Å². The van der Waals surface area contributed by atoms with Crippen LogP contribution < -0.4 is 5.32 Å². The van der Waals surface area contributed by atoms with Crippen LogP contribution in [-0.4, -0.2) is 35.1 Å². The molecule has 0 radical (unpaired) electrons. The van der Waals surface area contributed by atoms with E-state index in [-0.39, 0.29) is 11.9 Å². The van der Waals surface area contributed by atoms with Crippen LogP contribution in [0.3, 0.4) is 0 Å². The van der Waals surface area contributed by atoms with Crippen molar-refractivity contribution in [2.24, 2.45) is 0 Å². The number of aromatic nitrogens is 2. The Kier molecular flexibility index (Phi) is 2.69. The lowest BCUT2D eigenvalue weighted by Gasteiger charge is -2.09. The fourth-order valence-corrected chi connectivity index (χ4v) is 1.33. The fourth-order valence-electron chi connectivity index (χ4n) is 1.33. The van der Waals surface area contributed by atoms with E-state index in [1.165, 1.54) is 18.7 Å². The average molecular weight is 193 g/mol. The minimum absolute atomic E-state index is 0.128. The number of nitrogens with one attached hydrogen (secondary N) is 1. The molecule has 5 heteroatoms. The number of rotatable bonds is 2. The molecule has 1 saturated heterocycles. The summed E-state index contributed by atoms with van der Waals surface area (Å²) < 4.78 is 5.15. The molecule has 0 spiro atoms. The summed E-state index contributed by atoms with van der Waals surface area (Å²) in [5, 5.41) is 2.85. The number of hydrogen-bond acceptors (Lipinski definition) is 4. The lowest BCUT2D eigenvalue weighted by Crippen LogP contribution is -2.35. The van der Waals surface area contributed by atoms with Crippen LogP contribution in [0.4, 0.5) is 0 Å². The number of carbonyl (C=O) groups excluding carboxylic acids is 1. The largest absolute Gasteiger partial charge is 0.379 e. The van der Waals surface area contributed by atoms with E-state index in [2.05, 4.69) is 15.3 Å². The molecule has 14 heavy (non-hydrogen) atoms. The van der Waals surface area contributed by atoms with Gasteiger partial charge in [-0.25, -0.2) is 9.97 Å². The minimum atomic E-state index is -0.138. The van der Waals surface area contributed by atoms with Gasteiger partial charge in [-0.05, 0) is 6.42 Å². The van der Waals surface area contributed by atoms with Gasteiger partial charge in [0, 0.05) is 19.0 Å². The van der Waals surface area contributed by atoms with Gasteiger partial charge < -0.3 is 10.1 Å². The molecule has 0 aromatic carbocycles. The van der Waals surface area contributed by atoms with Crippen LogP contribution in [0.15, 0.2) is 18.7 Å². The van der Waals surface area contributed by atoms with Crippen molar-refractivity contribution in [3.8, 4) is 0 Å². The van der Waals surface area contributed by atoms with Gasteiger partial charge in [0.05, 0.1) is 18.2 Å². The van der Waals surface area contributed by atoms with Crippen molar-refractivity contribution in [3.63, 3.8) is 0 Å². The number of nitrogens with zero attached hydrogens (tertiary/aromatic N) is 2. The molecule has 0 bridgehead atoms. The third-order valence-corrected chi connectivity index (χ3v) is 2.09. The van der Waals surface area contributed by atoms with Crippen LogP contribution >= 0.6 is 0 Å². The second-order valence-corrected chi connectivity index (χ2v) is 3.16. The van der Waals surface area contributed by atoms with Crippen LogP contribution in [0.2, 0.25) is 0 Å². The normalized spacial score (nSPS) is 20.7. The van der Waals surface area contributed by atoms with Crippen molar-refractivity contribution in [2.75, 3.05) is 13.2 Å². The molecular formula is C9H11N3O2. The first-order chi connectivity index (χ1) is 6.86. The lowest BCUT2D eigenvalue weighted by molar-refractivity contribution is 0.0929. The molecule has 1 aliphatic rings. The van der Waals surface area contributed by atoms with Crippen molar-refractivity contribution in [2.45, 2.75) is 12.5 Å². The predicted octanol–water partition coefficient (Wildman–Crippen LogP) is -0.00470. The zero-order valence-electron chi connectivity index (χ0n) is 7.64. The van der Waals surface area contributed by atoms with E-state index in [1.54, 1.807) is 0 Å². The quantitative estimate of drug-likeness (QED) is 0.717. The van der Waals surface area contributed by atoms with Gasteiger partial charge >= 0.3 is 0 Å². The van der Waals surface area contributed by atoms with E-state index < -0.39 is 0 Å². The number of hydrogen-bond donors (Lipinski definition) is 1. The Hall–Kier alpha value is -1.49. The third-order valence-electron chi connectivity index (χ3n) is 2.09. The van der Waals surface area contributed by atoms with Gasteiger partial charge in [0.15, 0.2) is 0 Å². The lowest BCUT2D eigenvalue weighted by atomic mass is 10.2. The molecule has 0 aliphatic carbocycles. The van der Waals surface area contributed by atoms with Crippen LogP contribution in [0, 0.1) is 0 Å². The smallest absolute Gasteiger partial charge is 0.254 e. The molecule has 1 fully saturated rings. The molecule has 5 nitrogen and oxygen atoms in total. The second kappa shape index (κ2) is 4.15. The van der Waals surface area contributed by atoms with E-state index in [1.807, 2.05) is 0 Å². The molecule has 1 amide bonds. The molecule has 0 saturated carbocycles. The van der Waals surface area contributed by atoms with E-state index in [9.17, 15) is 4.79 Å². The molecule has 0 unspecified atom stereocenters. The van der Waals surface area contributed by atoms with Crippen molar-refractivity contribution in [3.05, 3.63) is 24.3 Å². The molecule has 2 heterocycles. The van der Waals surface area contributed by atoms with Crippen molar-refractivity contribution in [1.82, 2.24) is 15.3 Å². The standard InChI is InChI=1S/C9H11N3O2/c13-9(7-3-10-6-11-4-7)12-8-1-2-14-5-8/h3-4,6,8H,1-2,5H2,(H,12,13)/t8-/m1/s1. The third kappa shape index (κ3) is 2.05. The first-order valence-electron chi connectivity index (χ1n) is 4.50. The molecule has 1 aromatic heterocycles. The maximum atomic E-state index is 11.6. The molecule has 1 N–H and O–H groups in total. The van der Waals surface area contributed by atoms with Gasteiger partial charge in [0.2, 0.25) is 0 Å². The molecule has 1 atom stereocenters. The number of ether oxygens (including phenoxy) is 1. The Bertz CT molecular complexity index is 309. The maximum absolute atomic E-state index is 11.6. The maximum Gasteiger partial charge on any atom is 0.254 e. The zero-order valence-corrected chi connectivity index (χ0v) is 7.64. The summed E-state index contributed by atoms with van der Waals surface area (Å²) in [7, 11) is 0. The van der Waals surface area contributed by atoms with Gasteiger partial charge in [0.1, 0.15) is 6.33 Å². The van der Waals surface area contributed by atoms with E-state index in [0.29, 0.717) is 12.2 Å². The van der Waals surface area contributed by atoms with Crippen molar-refractivity contribution < 1.29 is 9.53 Å². The summed E-state index contributed by atoms with van der Waals surface area (Å²) in [4.78, 5) is 19.1. The minimum Gasteiger partial charge on any atom is -0.379 e. The van der Waals surface area contributed by atoms with Gasteiger partial charge in [-0.15, -0.1) is 0 Å². The van der Waals surface area contributed by atoms with Crippen LogP contribution in [0.5, 0.6) is 0 Å². The molecule has 2 rings (SSSR count). The first-order valence-corrected chi connectivity index (χ1v) is 4.50. The Morgan fingerprint density at radius 2 is 2.29 bits per heavy atom. The summed E-state index contributed by atoms with van der Waals surface area (Å²) in [6.45, 7) is 1.32. The molecule has 1 aliphatic heterocycles. The Balaban J connectivity index is 1.95. The number of carbonyl (C=O) groups is 1. The number of amides is 1. The Morgan fingerprint density at radius 1 is 1.50 bits per heavy atom. The second-order valence-electron chi connectivity index (χ2n) is 3.16. The van der Waals surface area contributed by atoms with Crippen LogP contribution in [0.1, 0.15) is 16.8 Å².